The number of hydrogen-bond acceptors (Lipinski definition) is 4. The first-order valence-corrected chi connectivity index (χ1v) is 8.00. The van der Waals surface area contributed by atoms with Crippen LogP contribution in [0.4, 0.5) is 20.7 Å². The van der Waals surface area contributed by atoms with E-state index in [1.807, 2.05) is 18.2 Å². The van der Waals surface area contributed by atoms with Crippen LogP contribution in [0.15, 0.2) is 60.9 Å². The van der Waals surface area contributed by atoms with Crippen LogP contribution in [0.1, 0.15) is 5.56 Å². The fraction of sp³-hybridized carbons (Fsp3) is 0.0556. The van der Waals surface area contributed by atoms with E-state index in [4.69, 9.17) is 16.3 Å². The fourth-order valence-electron chi connectivity index (χ4n) is 2.11. The SMILES string of the molecule is O=C(Nc1cccc(F)c1)Nc1nccnc1OCc1ccccc1Cl. The molecule has 0 radical (unpaired) electrons. The first-order valence-electron chi connectivity index (χ1n) is 7.62. The van der Waals surface area contributed by atoms with Gasteiger partial charge in [0.2, 0.25) is 0 Å². The maximum atomic E-state index is 13.2. The molecule has 1 heterocycles. The first-order chi connectivity index (χ1) is 12.6. The van der Waals surface area contributed by atoms with Gasteiger partial charge in [-0.15, -0.1) is 0 Å². The fourth-order valence-corrected chi connectivity index (χ4v) is 2.30. The van der Waals surface area contributed by atoms with Crippen LogP contribution in [0.3, 0.4) is 0 Å². The molecule has 3 rings (SSSR count). The molecule has 3 aromatic rings. The van der Waals surface area contributed by atoms with Gasteiger partial charge in [-0.05, 0) is 24.3 Å². The summed E-state index contributed by atoms with van der Waals surface area (Å²) in [4.78, 5) is 20.2. The minimum atomic E-state index is -0.598. The predicted octanol–water partition coefficient (Wildman–Crippen LogP) is 4.49. The molecule has 0 saturated carbocycles. The quantitative estimate of drug-likeness (QED) is 0.691. The molecule has 1 aromatic heterocycles. The van der Waals surface area contributed by atoms with Crippen LogP contribution < -0.4 is 15.4 Å². The number of rotatable bonds is 5. The Hall–Kier alpha value is -3.19. The average Bonchev–Trinajstić information content (AvgIpc) is 2.62. The Morgan fingerprint density at radius 2 is 1.88 bits per heavy atom. The van der Waals surface area contributed by atoms with Gasteiger partial charge in [0.15, 0.2) is 5.82 Å². The number of nitrogens with one attached hydrogen (secondary N) is 2. The number of halogens is 2. The predicted molar refractivity (Wildman–Crippen MR) is 96.9 cm³/mol. The van der Waals surface area contributed by atoms with Crippen LogP contribution in [0, 0.1) is 5.82 Å². The molecule has 0 aliphatic rings. The molecule has 2 N–H and O–H groups in total. The maximum Gasteiger partial charge on any atom is 0.325 e. The van der Waals surface area contributed by atoms with Gasteiger partial charge in [0, 0.05) is 28.7 Å². The van der Waals surface area contributed by atoms with Crippen molar-refractivity contribution in [3.8, 4) is 5.88 Å². The lowest BCUT2D eigenvalue weighted by Gasteiger charge is -2.11. The van der Waals surface area contributed by atoms with Crippen LogP contribution in [0.25, 0.3) is 0 Å². The van der Waals surface area contributed by atoms with Crippen molar-refractivity contribution >= 4 is 29.1 Å². The second kappa shape index (κ2) is 8.26. The molecule has 0 spiro atoms. The highest BCUT2D eigenvalue weighted by Crippen LogP contribution is 2.22. The molecule has 0 bridgehead atoms. The Kier molecular flexibility index (Phi) is 5.60. The molecule has 6 nitrogen and oxygen atoms in total. The maximum absolute atomic E-state index is 13.2. The van der Waals surface area contributed by atoms with Gasteiger partial charge in [0.25, 0.3) is 5.88 Å². The third-order valence-electron chi connectivity index (χ3n) is 3.30. The summed E-state index contributed by atoms with van der Waals surface area (Å²) in [5.74, 6) is -0.179. The summed E-state index contributed by atoms with van der Waals surface area (Å²) in [5.41, 5.74) is 1.08. The van der Waals surface area contributed by atoms with E-state index in [1.165, 1.54) is 30.6 Å². The highest BCUT2D eigenvalue weighted by Gasteiger charge is 2.12. The van der Waals surface area contributed by atoms with Crippen molar-refractivity contribution in [3.05, 3.63) is 77.3 Å². The second-order valence-corrected chi connectivity index (χ2v) is 5.59. The van der Waals surface area contributed by atoms with Crippen LogP contribution in [0.5, 0.6) is 5.88 Å². The third kappa shape index (κ3) is 4.67. The number of nitrogens with zero attached hydrogens (tertiary/aromatic N) is 2. The molecule has 26 heavy (non-hydrogen) atoms. The van der Waals surface area contributed by atoms with Gasteiger partial charge in [-0.25, -0.2) is 19.2 Å². The molecule has 2 amide bonds. The summed E-state index contributed by atoms with van der Waals surface area (Å²) in [5, 5.41) is 5.60. The van der Waals surface area contributed by atoms with E-state index in [0.29, 0.717) is 10.7 Å². The number of ether oxygens (including phenoxy) is 1. The molecule has 0 unspecified atom stereocenters. The van der Waals surface area contributed by atoms with E-state index < -0.39 is 11.8 Å². The zero-order valence-electron chi connectivity index (χ0n) is 13.4. The smallest absolute Gasteiger partial charge is 0.325 e. The normalized spacial score (nSPS) is 10.2. The number of carbonyl (C=O) groups is 1. The number of carbonyl (C=O) groups excluding carboxylic acids is 1. The Balaban J connectivity index is 1.67. The van der Waals surface area contributed by atoms with Crippen molar-refractivity contribution in [1.29, 1.82) is 0 Å². The van der Waals surface area contributed by atoms with Crippen LogP contribution in [-0.4, -0.2) is 16.0 Å². The number of hydrogen-bond donors (Lipinski definition) is 2. The van der Waals surface area contributed by atoms with Gasteiger partial charge in [-0.2, -0.15) is 0 Å². The molecule has 0 aliphatic heterocycles. The lowest BCUT2D eigenvalue weighted by molar-refractivity contribution is 0.261. The summed E-state index contributed by atoms with van der Waals surface area (Å²) in [6.07, 6.45) is 2.86. The Labute approximate surface area is 154 Å². The topological polar surface area (TPSA) is 76.1 Å². The minimum absolute atomic E-state index is 0.133. The number of benzene rings is 2. The number of urea groups is 1. The third-order valence-corrected chi connectivity index (χ3v) is 3.67. The van der Waals surface area contributed by atoms with Crippen molar-refractivity contribution in [3.63, 3.8) is 0 Å². The number of aromatic nitrogens is 2. The zero-order chi connectivity index (χ0) is 18.4. The van der Waals surface area contributed by atoms with Gasteiger partial charge >= 0.3 is 6.03 Å². The van der Waals surface area contributed by atoms with Crippen molar-refractivity contribution in [1.82, 2.24) is 9.97 Å². The molecule has 0 saturated heterocycles. The highest BCUT2D eigenvalue weighted by molar-refractivity contribution is 6.31. The van der Waals surface area contributed by atoms with Gasteiger partial charge in [-0.1, -0.05) is 35.9 Å². The Morgan fingerprint density at radius 3 is 2.69 bits per heavy atom. The number of amides is 2. The van der Waals surface area contributed by atoms with E-state index in [-0.39, 0.29) is 18.3 Å². The monoisotopic (exact) mass is 372 g/mol. The van der Waals surface area contributed by atoms with Gasteiger partial charge in [0.1, 0.15) is 12.4 Å². The number of anilines is 2. The summed E-state index contributed by atoms with van der Waals surface area (Å²) in [6.45, 7) is 0.165. The van der Waals surface area contributed by atoms with Crippen molar-refractivity contribution in [2.45, 2.75) is 6.61 Å². The van der Waals surface area contributed by atoms with E-state index in [2.05, 4.69) is 20.6 Å². The Morgan fingerprint density at radius 1 is 1.08 bits per heavy atom. The van der Waals surface area contributed by atoms with Crippen molar-refractivity contribution in [2.24, 2.45) is 0 Å². The minimum Gasteiger partial charge on any atom is -0.470 e. The first kappa shape index (κ1) is 17.6. The lowest BCUT2D eigenvalue weighted by atomic mass is 10.2. The van der Waals surface area contributed by atoms with Gasteiger partial charge < -0.3 is 10.1 Å². The van der Waals surface area contributed by atoms with Crippen molar-refractivity contribution < 1.29 is 13.9 Å². The summed E-state index contributed by atoms with van der Waals surface area (Å²) < 4.78 is 18.8. The summed E-state index contributed by atoms with van der Waals surface area (Å²) in [7, 11) is 0. The van der Waals surface area contributed by atoms with E-state index in [1.54, 1.807) is 12.1 Å². The molecule has 132 valence electrons. The molecule has 0 atom stereocenters. The summed E-state index contributed by atoms with van der Waals surface area (Å²) >= 11 is 6.09. The molecule has 0 aliphatic carbocycles. The zero-order valence-corrected chi connectivity index (χ0v) is 14.2. The standard InChI is InChI=1S/C18H14ClFN4O2/c19-15-7-2-1-4-12(15)11-26-17-16(21-8-9-22-17)24-18(25)23-14-6-3-5-13(20)10-14/h1-10H,11H2,(H2,21,23,24,25). The van der Waals surface area contributed by atoms with E-state index in [9.17, 15) is 9.18 Å². The largest absolute Gasteiger partial charge is 0.470 e. The molecular weight excluding hydrogens is 359 g/mol. The molecule has 8 heteroatoms. The second-order valence-electron chi connectivity index (χ2n) is 5.18. The molecule has 0 fully saturated rings. The average molecular weight is 373 g/mol. The van der Waals surface area contributed by atoms with E-state index in [0.717, 1.165) is 5.56 Å². The van der Waals surface area contributed by atoms with E-state index >= 15 is 0 Å². The molecule has 2 aromatic carbocycles. The Bertz CT molecular complexity index is 923. The molecular formula is C18H14ClFN4O2. The summed E-state index contributed by atoms with van der Waals surface area (Å²) in [6, 6.07) is 12.2. The van der Waals surface area contributed by atoms with Crippen molar-refractivity contribution in [2.75, 3.05) is 10.6 Å². The lowest BCUT2D eigenvalue weighted by Crippen LogP contribution is -2.21. The van der Waals surface area contributed by atoms with Gasteiger partial charge in [0.05, 0.1) is 0 Å². The van der Waals surface area contributed by atoms with Crippen LogP contribution in [0.2, 0.25) is 5.02 Å². The highest BCUT2D eigenvalue weighted by atomic mass is 35.5. The van der Waals surface area contributed by atoms with Gasteiger partial charge in [-0.3, -0.25) is 5.32 Å². The van der Waals surface area contributed by atoms with Crippen LogP contribution in [-0.2, 0) is 6.61 Å². The van der Waals surface area contributed by atoms with Crippen LogP contribution >= 0.6 is 11.6 Å².